The topological polar surface area (TPSA) is 34.3 Å². The second-order valence-corrected chi connectivity index (χ2v) is 12.6. The molecule has 2 aromatic rings. The van der Waals surface area contributed by atoms with Gasteiger partial charge in [-0.25, -0.2) is 0 Å². The van der Waals surface area contributed by atoms with Crippen molar-refractivity contribution in [2.45, 2.75) is 26.2 Å². The molecule has 0 saturated carbocycles. The first-order valence-corrected chi connectivity index (χ1v) is 14.0. The van der Waals surface area contributed by atoms with E-state index >= 15 is 0 Å². The summed E-state index contributed by atoms with van der Waals surface area (Å²) in [4.78, 5) is 0. The third kappa shape index (κ3) is 6.01. The van der Waals surface area contributed by atoms with Gasteiger partial charge in [0.15, 0.2) is 0 Å². The predicted octanol–water partition coefficient (Wildman–Crippen LogP) is 3.76. The summed E-state index contributed by atoms with van der Waals surface area (Å²) in [6.45, 7) is 7.52. The van der Waals surface area contributed by atoms with Crippen LogP contribution in [0.4, 0.5) is 0 Å². The van der Waals surface area contributed by atoms with E-state index in [-0.39, 0.29) is 0 Å². The normalized spacial score (nSPS) is 11.3. The minimum atomic E-state index is -1.52. The van der Waals surface area contributed by atoms with Gasteiger partial charge in [0.25, 0.3) is 0 Å². The van der Waals surface area contributed by atoms with Gasteiger partial charge < -0.3 is 10.4 Å². The van der Waals surface area contributed by atoms with E-state index in [0.717, 1.165) is 17.0 Å². The summed E-state index contributed by atoms with van der Waals surface area (Å²) in [5.74, 6) is 0.498. The Labute approximate surface area is 158 Å². The third-order valence-corrected chi connectivity index (χ3v) is 6.91. The Kier molecular flexibility index (Phi) is 9.07. The summed E-state index contributed by atoms with van der Waals surface area (Å²) in [5.41, 5.74) is 1.25. The summed E-state index contributed by atoms with van der Waals surface area (Å²) >= 11 is 1.47. The van der Waals surface area contributed by atoms with Crippen LogP contribution in [0, 0.1) is 0 Å². The van der Waals surface area contributed by atoms with Crippen LogP contribution in [-0.2, 0) is 25.9 Å². The first kappa shape index (κ1) is 20.9. The Bertz CT molecular complexity index is 634. The number of phenolic OH excluding ortho intramolecular Hbond substituents is 1. The predicted molar refractivity (Wildman–Crippen MR) is 104 cm³/mol. The van der Waals surface area contributed by atoms with E-state index < -0.39 is 8.07 Å². The summed E-state index contributed by atoms with van der Waals surface area (Å²) in [7, 11) is 5.43. The van der Waals surface area contributed by atoms with Crippen LogP contribution in [0.5, 0.6) is 5.75 Å². The number of phenols is 1. The Hall–Kier alpha value is -0.149. The van der Waals surface area contributed by atoms with E-state index in [2.05, 4.69) is 64.6 Å². The number of aromatic hydroxyl groups is 1. The maximum absolute atomic E-state index is 10.6. The van der Waals surface area contributed by atoms with Gasteiger partial charge in [0.2, 0.25) is 0 Å². The second-order valence-electron chi connectivity index (χ2n) is 6.21. The molecule has 2 rings (SSSR count). The zero-order valence-corrected chi connectivity index (χ0v) is 18.3. The molecule has 1 unspecified atom stereocenters. The van der Waals surface area contributed by atoms with Gasteiger partial charge in [-0.15, -0.1) is 6.54 Å². The number of para-hydroxylation sites is 1. The molecule has 6 heteroatoms. The summed E-state index contributed by atoms with van der Waals surface area (Å²) in [6.07, 6.45) is 0. The zero-order chi connectivity index (χ0) is 17.5. The molecule has 0 aromatic heterocycles. The van der Waals surface area contributed by atoms with E-state index in [9.17, 15) is 5.11 Å². The van der Waals surface area contributed by atoms with Crippen molar-refractivity contribution in [3.05, 3.63) is 53.3 Å². The summed E-state index contributed by atoms with van der Waals surface area (Å²) in [6, 6.07) is 14.5. The van der Waals surface area contributed by atoms with Crippen LogP contribution < -0.4 is 15.8 Å². The first-order chi connectivity index (χ1) is 10.9. The molecule has 1 N–H and O–H groups in total. The molecule has 0 aliphatic rings. The molecule has 0 radical (unpaired) electrons. The van der Waals surface area contributed by atoms with Gasteiger partial charge in [0.05, 0.1) is 8.07 Å². The number of benzene rings is 2. The van der Waals surface area contributed by atoms with Gasteiger partial charge in [-0.2, -0.15) is 7.05 Å². The maximum atomic E-state index is 10.6. The fourth-order valence-electron chi connectivity index (χ4n) is 2.35. The molecule has 0 amide bonds. The van der Waals surface area contributed by atoms with Crippen LogP contribution in [0.2, 0.25) is 19.6 Å². The molecule has 122 valence electrons. The minimum absolute atomic E-state index is 0.472. The van der Waals surface area contributed by atoms with Gasteiger partial charge in [-0.05, 0) is 10.5 Å². The number of nitrogens with zero attached hydrogens (tertiary/aromatic N) is 1. The number of rotatable bonds is 5. The van der Waals surface area contributed by atoms with Gasteiger partial charge in [-0.3, -0.25) is 0 Å². The molecular weight excluding hydrogens is 377 g/mol. The van der Waals surface area contributed by atoms with Gasteiger partial charge in [-0.1, -0.05) is 76.2 Å². The second kappa shape index (κ2) is 9.98. The van der Waals surface area contributed by atoms with Crippen LogP contribution >= 0.6 is 17.9 Å². The number of hydrogen-bond acceptors (Lipinski definition) is 1. The zero-order valence-electron chi connectivity index (χ0n) is 14.0. The van der Waals surface area contributed by atoms with Crippen LogP contribution in [-0.4, -0.2) is 20.2 Å². The first-order valence-electron chi connectivity index (χ1n) is 7.35. The summed E-state index contributed by atoms with van der Waals surface area (Å²) < 4.78 is 0. The van der Waals surface area contributed by atoms with Crippen molar-refractivity contribution in [3.8, 4) is 5.75 Å². The molecule has 0 spiro atoms. The van der Waals surface area contributed by atoms with Crippen LogP contribution in [0.1, 0.15) is 5.56 Å². The average molecular weight is 400 g/mol. The standard InChI is InChI=1S/C17H23NOPSi.ClH.Ti/c1-18-12-13-8-5-6-9-14(13)20-15-10-7-11-16(17(15)19)21(2,3)4;;/h5-11,19-20H,12H2,1-4H3;1H;/q-1;;+2/p-1. The van der Waals surface area contributed by atoms with Crippen LogP contribution in [0.15, 0.2) is 42.5 Å². The van der Waals surface area contributed by atoms with E-state index in [1.54, 1.807) is 0 Å². The Morgan fingerprint density at radius 3 is 2.26 bits per heavy atom. The fraction of sp³-hybridized carbons (Fsp3) is 0.294. The molecule has 0 bridgehead atoms. The molecular formula is C17H23ClNOPSiTi. The monoisotopic (exact) mass is 399 g/mol. The fourth-order valence-corrected chi connectivity index (χ4v) is 5.14. The average Bonchev–Trinajstić information content (AvgIpc) is 2.52. The number of halogens is 1. The van der Waals surface area contributed by atoms with Crippen LogP contribution in [0.3, 0.4) is 0 Å². The van der Waals surface area contributed by atoms with E-state index in [1.165, 1.54) is 30.2 Å². The molecule has 0 saturated heterocycles. The molecule has 0 heterocycles. The van der Waals surface area contributed by atoms with Gasteiger partial charge >= 0.3 is 28.7 Å². The van der Waals surface area contributed by atoms with Crippen molar-refractivity contribution in [2.24, 2.45) is 0 Å². The Morgan fingerprint density at radius 1 is 1.04 bits per heavy atom. The summed E-state index contributed by atoms with van der Waals surface area (Å²) in [5, 5.41) is 18.3. The van der Waals surface area contributed by atoms with Gasteiger partial charge in [0, 0.05) is 5.30 Å². The van der Waals surface area contributed by atoms with Crippen molar-refractivity contribution in [1.82, 2.24) is 0 Å². The van der Waals surface area contributed by atoms with E-state index in [0.29, 0.717) is 14.3 Å². The Morgan fingerprint density at radius 2 is 1.65 bits per heavy atom. The molecule has 0 fully saturated rings. The van der Waals surface area contributed by atoms with Crippen LogP contribution in [0.25, 0.3) is 5.32 Å². The van der Waals surface area contributed by atoms with E-state index in [4.69, 9.17) is 0 Å². The van der Waals surface area contributed by atoms with Gasteiger partial charge in [0.1, 0.15) is 5.75 Å². The molecule has 0 aliphatic heterocycles. The molecule has 23 heavy (non-hydrogen) atoms. The molecule has 1 atom stereocenters. The SMILES string of the molecule is C[N-]Cc1ccccc1Pc1cccc([Si](C)(C)C)c1O.[Cl][Ti+]. The van der Waals surface area contributed by atoms with Crippen molar-refractivity contribution < 1.29 is 24.5 Å². The third-order valence-electron chi connectivity index (χ3n) is 3.46. The molecule has 2 nitrogen and oxygen atoms in total. The van der Waals surface area contributed by atoms with Crippen molar-refractivity contribution >= 4 is 41.8 Å². The quantitative estimate of drug-likeness (QED) is 0.603. The van der Waals surface area contributed by atoms with E-state index in [1.807, 2.05) is 19.2 Å². The molecule has 2 aromatic carbocycles. The Balaban J connectivity index is 0.00000127. The van der Waals surface area contributed by atoms with Crippen molar-refractivity contribution in [1.29, 1.82) is 0 Å². The number of hydrogen-bond donors (Lipinski definition) is 1. The molecule has 0 aliphatic carbocycles. The van der Waals surface area contributed by atoms with Crippen molar-refractivity contribution in [3.63, 3.8) is 0 Å². The van der Waals surface area contributed by atoms with Crippen molar-refractivity contribution in [2.75, 3.05) is 7.05 Å².